The fourth-order valence-electron chi connectivity index (χ4n) is 2.47. The van der Waals surface area contributed by atoms with Crippen LogP contribution in [0.25, 0.3) is 0 Å². The summed E-state index contributed by atoms with van der Waals surface area (Å²) in [6, 6.07) is 6.51. The Kier molecular flexibility index (Phi) is 4.34. The van der Waals surface area contributed by atoms with Crippen LogP contribution < -0.4 is 14.4 Å². The quantitative estimate of drug-likeness (QED) is 0.903. The predicted octanol–water partition coefficient (Wildman–Crippen LogP) is 2.51. The fraction of sp³-hybridized carbons (Fsp3) is 0.188. The van der Waals surface area contributed by atoms with Crippen LogP contribution in [-0.4, -0.2) is 27.5 Å². The van der Waals surface area contributed by atoms with E-state index in [-0.39, 0.29) is 16.5 Å². The number of carbonyl (C=O) groups is 1. The van der Waals surface area contributed by atoms with Crippen molar-refractivity contribution >= 4 is 27.3 Å². The number of carbonyl (C=O) groups excluding carboxylic acids is 1. The molecule has 0 aliphatic carbocycles. The van der Waals surface area contributed by atoms with Gasteiger partial charge < -0.3 is 9.64 Å². The van der Waals surface area contributed by atoms with Gasteiger partial charge in [-0.1, -0.05) is 0 Å². The number of nitrogens with zero attached hydrogens (tertiary/aromatic N) is 1. The summed E-state index contributed by atoms with van der Waals surface area (Å²) in [5, 5.41) is 0. The van der Waals surface area contributed by atoms with Gasteiger partial charge in [-0.2, -0.15) is 0 Å². The minimum absolute atomic E-state index is 0.174. The number of nitrogens with one attached hydrogen (secondary N) is 1. The molecule has 0 fully saturated rings. The molecule has 2 aromatic rings. The van der Waals surface area contributed by atoms with Gasteiger partial charge in [0.05, 0.1) is 22.8 Å². The van der Waals surface area contributed by atoms with Gasteiger partial charge in [-0.15, -0.1) is 0 Å². The first-order valence-electron chi connectivity index (χ1n) is 7.31. The highest BCUT2D eigenvalue weighted by atomic mass is 32.2. The molecule has 0 aromatic heterocycles. The Bertz CT molecular complexity index is 947. The minimum atomic E-state index is -4.14. The minimum Gasteiger partial charge on any atom is -0.490 e. The molecule has 6 nitrogen and oxygen atoms in total. The molecule has 3 rings (SSSR count). The summed E-state index contributed by atoms with van der Waals surface area (Å²) in [5.41, 5.74) is -0.0556. The van der Waals surface area contributed by atoms with Crippen molar-refractivity contribution in [2.24, 2.45) is 0 Å². The van der Waals surface area contributed by atoms with Crippen molar-refractivity contribution in [3.05, 3.63) is 48.0 Å². The summed E-state index contributed by atoms with van der Waals surface area (Å²) in [4.78, 5) is 12.9. The maximum atomic E-state index is 13.7. The van der Waals surface area contributed by atoms with Crippen molar-refractivity contribution in [1.29, 1.82) is 0 Å². The van der Waals surface area contributed by atoms with E-state index in [9.17, 15) is 22.0 Å². The van der Waals surface area contributed by atoms with Crippen LogP contribution in [0, 0.1) is 11.6 Å². The summed E-state index contributed by atoms with van der Waals surface area (Å²) in [5.74, 6) is -1.72. The van der Waals surface area contributed by atoms with E-state index >= 15 is 0 Å². The topological polar surface area (TPSA) is 75.7 Å². The standard InChI is InChI=1S/C16H14F2N2O4S/c1-10(21)20-6-7-24-16-5-3-12(9-15(16)20)25(22,23)19-14-4-2-11(17)8-13(14)18/h2-5,8-9,19H,6-7H2,1H3. The molecule has 0 spiro atoms. The Morgan fingerprint density at radius 3 is 2.64 bits per heavy atom. The van der Waals surface area contributed by atoms with Gasteiger partial charge in [-0.3, -0.25) is 9.52 Å². The molecule has 2 aromatic carbocycles. The van der Waals surface area contributed by atoms with Gasteiger partial charge in [-0.05, 0) is 30.3 Å². The van der Waals surface area contributed by atoms with E-state index in [1.807, 2.05) is 0 Å². The molecule has 0 saturated heterocycles. The third kappa shape index (κ3) is 3.41. The molecule has 0 bridgehead atoms. The summed E-state index contributed by atoms with van der Waals surface area (Å²) >= 11 is 0. The number of benzene rings is 2. The zero-order valence-corrected chi connectivity index (χ0v) is 13.9. The maximum Gasteiger partial charge on any atom is 0.262 e. The maximum absolute atomic E-state index is 13.7. The number of fused-ring (bicyclic) bond motifs is 1. The van der Waals surface area contributed by atoms with Crippen molar-refractivity contribution in [2.75, 3.05) is 22.8 Å². The molecule has 0 saturated carbocycles. The Balaban J connectivity index is 1.98. The first kappa shape index (κ1) is 17.2. The van der Waals surface area contributed by atoms with Crippen molar-refractivity contribution in [1.82, 2.24) is 0 Å². The number of sulfonamides is 1. The SMILES string of the molecule is CC(=O)N1CCOc2ccc(S(=O)(=O)Nc3ccc(F)cc3F)cc21. The molecule has 0 unspecified atom stereocenters. The molecule has 0 atom stereocenters. The van der Waals surface area contributed by atoms with Crippen molar-refractivity contribution in [3.8, 4) is 5.75 Å². The van der Waals surface area contributed by atoms with E-state index in [4.69, 9.17) is 4.74 Å². The smallest absolute Gasteiger partial charge is 0.262 e. The van der Waals surface area contributed by atoms with E-state index in [1.165, 1.54) is 30.0 Å². The van der Waals surface area contributed by atoms with E-state index in [0.717, 1.165) is 12.1 Å². The number of hydrogen-bond donors (Lipinski definition) is 1. The molecule has 1 heterocycles. The lowest BCUT2D eigenvalue weighted by Crippen LogP contribution is -2.36. The molecule has 132 valence electrons. The van der Waals surface area contributed by atoms with Gasteiger partial charge in [0, 0.05) is 13.0 Å². The molecular formula is C16H14F2N2O4S. The number of rotatable bonds is 3. The van der Waals surface area contributed by atoms with E-state index in [0.29, 0.717) is 30.7 Å². The normalized spacial score (nSPS) is 13.8. The summed E-state index contributed by atoms with van der Waals surface area (Å²) in [7, 11) is -4.14. The average molecular weight is 368 g/mol. The van der Waals surface area contributed by atoms with Crippen LogP contribution in [0.4, 0.5) is 20.2 Å². The Morgan fingerprint density at radius 1 is 1.20 bits per heavy atom. The lowest BCUT2D eigenvalue weighted by Gasteiger charge is -2.29. The second-order valence-corrected chi connectivity index (χ2v) is 7.06. The second kappa shape index (κ2) is 6.32. The number of hydrogen-bond acceptors (Lipinski definition) is 4. The van der Waals surface area contributed by atoms with E-state index in [1.54, 1.807) is 0 Å². The van der Waals surface area contributed by atoms with Crippen molar-refractivity contribution < 1.29 is 26.7 Å². The largest absolute Gasteiger partial charge is 0.490 e. The van der Waals surface area contributed by atoms with Crippen LogP contribution in [0.5, 0.6) is 5.75 Å². The van der Waals surface area contributed by atoms with Gasteiger partial charge in [0.2, 0.25) is 5.91 Å². The molecule has 1 aliphatic heterocycles. The van der Waals surface area contributed by atoms with Crippen LogP contribution in [0.15, 0.2) is 41.3 Å². The van der Waals surface area contributed by atoms with E-state index < -0.39 is 21.7 Å². The Hall–Kier alpha value is -2.68. The number of halogens is 2. The van der Waals surface area contributed by atoms with Crippen LogP contribution in [0.1, 0.15) is 6.92 Å². The van der Waals surface area contributed by atoms with Crippen LogP contribution in [-0.2, 0) is 14.8 Å². The van der Waals surface area contributed by atoms with Gasteiger partial charge in [0.15, 0.2) is 0 Å². The Morgan fingerprint density at radius 2 is 1.96 bits per heavy atom. The van der Waals surface area contributed by atoms with Gasteiger partial charge in [0.25, 0.3) is 10.0 Å². The average Bonchev–Trinajstić information content (AvgIpc) is 2.56. The molecule has 1 aliphatic rings. The molecule has 0 radical (unpaired) electrons. The zero-order valence-electron chi connectivity index (χ0n) is 13.1. The number of anilines is 2. The number of ether oxygens (including phenoxy) is 1. The first-order valence-corrected chi connectivity index (χ1v) is 8.79. The van der Waals surface area contributed by atoms with Gasteiger partial charge in [0.1, 0.15) is 24.0 Å². The lowest BCUT2D eigenvalue weighted by molar-refractivity contribution is -0.116. The van der Waals surface area contributed by atoms with Gasteiger partial charge >= 0.3 is 0 Å². The first-order chi connectivity index (χ1) is 11.8. The monoisotopic (exact) mass is 368 g/mol. The molecule has 1 amide bonds. The lowest BCUT2D eigenvalue weighted by atomic mass is 10.2. The molecular weight excluding hydrogens is 354 g/mol. The second-order valence-electron chi connectivity index (χ2n) is 5.38. The summed E-state index contributed by atoms with van der Waals surface area (Å²) < 4.78 is 59.1. The van der Waals surface area contributed by atoms with Crippen molar-refractivity contribution in [3.63, 3.8) is 0 Å². The highest BCUT2D eigenvalue weighted by Crippen LogP contribution is 2.34. The third-order valence-corrected chi connectivity index (χ3v) is 5.02. The van der Waals surface area contributed by atoms with Crippen LogP contribution in [0.2, 0.25) is 0 Å². The Labute approximate surface area is 143 Å². The summed E-state index contributed by atoms with van der Waals surface area (Å²) in [6.45, 7) is 1.96. The number of amides is 1. The van der Waals surface area contributed by atoms with Gasteiger partial charge in [-0.25, -0.2) is 17.2 Å². The molecule has 1 N–H and O–H groups in total. The predicted molar refractivity (Wildman–Crippen MR) is 87.1 cm³/mol. The summed E-state index contributed by atoms with van der Waals surface area (Å²) in [6.07, 6.45) is 0. The van der Waals surface area contributed by atoms with Crippen LogP contribution in [0.3, 0.4) is 0 Å². The highest BCUT2D eigenvalue weighted by Gasteiger charge is 2.25. The van der Waals surface area contributed by atoms with Crippen molar-refractivity contribution in [2.45, 2.75) is 11.8 Å². The van der Waals surface area contributed by atoms with E-state index in [2.05, 4.69) is 4.72 Å². The molecule has 25 heavy (non-hydrogen) atoms. The van der Waals surface area contributed by atoms with Crippen LogP contribution >= 0.6 is 0 Å². The third-order valence-electron chi connectivity index (χ3n) is 3.66. The fourth-order valence-corrected chi connectivity index (χ4v) is 3.55. The highest BCUT2D eigenvalue weighted by molar-refractivity contribution is 7.92. The zero-order chi connectivity index (χ0) is 18.2. The molecule has 9 heteroatoms.